The molecule has 0 saturated heterocycles. The molecule has 1 heterocycles. The van der Waals surface area contributed by atoms with Gasteiger partial charge in [0.25, 0.3) is 17.2 Å². The molecule has 16 nitrogen and oxygen atoms in total. The lowest BCUT2D eigenvalue weighted by atomic mass is 9.94. The third-order valence-corrected chi connectivity index (χ3v) is 5.08. The largest absolute Gasteiger partial charge is 0.595 e. The minimum absolute atomic E-state index is 0.0563. The van der Waals surface area contributed by atoms with Crippen LogP contribution in [-0.2, 0) is 23.9 Å². The fourth-order valence-electron chi connectivity index (χ4n) is 3.27. The second-order valence-corrected chi connectivity index (χ2v) is 7.31. The molecule has 0 fully saturated rings. The molecule has 0 aliphatic rings. The number of aromatic nitrogens is 2. The number of H-pyrrole nitrogens is 1. The molecule has 6 N–H and O–H groups in total. The molecular formula is C21H19N5O11. The molecule has 0 saturated carbocycles. The summed E-state index contributed by atoms with van der Waals surface area (Å²) in [5, 5.41) is 40.5. The van der Waals surface area contributed by atoms with Gasteiger partial charge in [-0.05, 0) is 18.2 Å². The van der Waals surface area contributed by atoms with Gasteiger partial charge in [0.1, 0.15) is 23.0 Å². The van der Waals surface area contributed by atoms with Crippen molar-refractivity contribution in [1.29, 1.82) is 0 Å². The zero-order chi connectivity index (χ0) is 27.4. The summed E-state index contributed by atoms with van der Waals surface area (Å²) in [5.41, 5.74) is -3.08. The number of aromatic amines is 1. The molecule has 1 aromatic heterocycles. The Morgan fingerprint density at radius 2 is 1.73 bits per heavy atom. The van der Waals surface area contributed by atoms with Gasteiger partial charge in [0.05, 0.1) is 25.3 Å². The zero-order valence-electron chi connectivity index (χ0n) is 19.1. The van der Waals surface area contributed by atoms with E-state index in [9.17, 15) is 39.6 Å². The lowest BCUT2D eigenvalue weighted by Gasteiger charge is -2.18. The molecular weight excluding hydrogens is 498 g/mol. The van der Waals surface area contributed by atoms with Gasteiger partial charge in [-0.15, -0.1) is 0 Å². The van der Waals surface area contributed by atoms with Crippen molar-refractivity contribution in [2.45, 2.75) is 5.92 Å². The summed E-state index contributed by atoms with van der Waals surface area (Å²) < 4.78 is 9.27. The molecule has 194 valence electrons. The number of ether oxygens (including phenoxy) is 2. The van der Waals surface area contributed by atoms with Gasteiger partial charge in [0.2, 0.25) is 5.78 Å². The molecule has 16 heteroatoms. The number of hydrogen-bond acceptors (Lipinski definition) is 12. The van der Waals surface area contributed by atoms with Crippen LogP contribution in [0.2, 0.25) is 0 Å². The number of methoxy groups -OCH3 is 2. The summed E-state index contributed by atoms with van der Waals surface area (Å²) in [6.07, 6.45) is 0. The van der Waals surface area contributed by atoms with Crippen molar-refractivity contribution >= 4 is 51.5 Å². The van der Waals surface area contributed by atoms with Gasteiger partial charge >= 0.3 is 5.97 Å². The predicted octanol–water partition coefficient (Wildman–Crippen LogP) is -2.23. The lowest BCUT2D eigenvalue weighted by Crippen LogP contribution is -2.99. The van der Waals surface area contributed by atoms with Crippen LogP contribution in [0.5, 0.6) is 5.75 Å². The summed E-state index contributed by atoms with van der Waals surface area (Å²) >= 11 is 0. The standard InChI is InChI=1S/C21H19N5O11/c1-36-10-4-6-12(14(8-10)26(34)35)23-20(30)17(27)15(18(28)21(31)37-2)16-19(29)24-13-7-9(25(32)33)3-5-11(13)22-16/h3-8,15,25-26,32,34H,1-2H3,(H,23,30)(H,24,29). The molecule has 37 heavy (non-hydrogen) atoms. The Labute approximate surface area is 205 Å². The van der Waals surface area contributed by atoms with E-state index < -0.39 is 56.8 Å². The number of nitrogens with zero attached hydrogens (tertiary/aromatic N) is 1. The summed E-state index contributed by atoms with van der Waals surface area (Å²) in [6, 6.07) is 6.90. The molecule has 0 aliphatic heterocycles. The van der Waals surface area contributed by atoms with Crippen molar-refractivity contribution < 1.29 is 49.5 Å². The maximum atomic E-state index is 13.1. The Balaban J connectivity index is 2.07. The Hall–Kier alpha value is -4.58. The fourth-order valence-corrected chi connectivity index (χ4v) is 3.27. The SMILES string of the molecule is COC(=O)C(=O)C(C(=O)C(=O)Nc1ccc(OC)cc1[NH+]([O-])O)c1nc2ccc([NH+]([O-])O)cc2[nH]c1=O. The quantitative estimate of drug-likeness (QED) is 0.0765. The van der Waals surface area contributed by atoms with Gasteiger partial charge in [-0.1, -0.05) is 0 Å². The Morgan fingerprint density at radius 1 is 1.03 bits per heavy atom. The van der Waals surface area contributed by atoms with E-state index in [0.717, 1.165) is 31.4 Å². The fraction of sp³-hybridized carbons (Fsp3) is 0.143. The highest BCUT2D eigenvalue weighted by Gasteiger charge is 2.41. The number of hydrogen-bond donors (Lipinski definition) is 6. The van der Waals surface area contributed by atoms with Crippen LogP contribution in [0.25, 0.3) is 11.0 Å². The number of carbonyl (C=O) groups excluding carboxylic acids is 4. The topological polar surface area (TPSA) is 240 Å². The summed E-state index contributed by atoms with van der Waals surface area (Å²) in [6.45, 7) is 0. The van der Waals surface area contributed by atoms with Crippen molar-refractivity contribution in [3.05, 3.63) is 62.9 Å². The van der Waals surface area contributed by atoms with Gasteiger partial charge in [-0.25, -0.2) is 20.2 Å². The van der Waals surface area contributed by atoms with Crippen molar-refractivity contribution in [2.75, 3.05) is 19.5 Å². The third-order valence-electron chi connectivity index (χ3n) is 5.08. The number of ketones is 2. The number of rotatable bonds is 9. The predicted molar refractivity (Wildman–Crippen MR) is 120 cm³/mol. The molecule has 0 radical (unpaired) electrons. The van der Waals surface area contributed by atoms with E-state index in [1.165, 1.54) is 19.2 Å². The maximum Gasteiger partial charge on any atom is 0.375 e. The second-order valence-electron chi connectivity index (χ2n) is 7.31. The van der Waals surface area contributed by atoms with E-state index in [2.05, 4.69) is 14.7 Å². The lowest BCUT2D eigenvalue weighted by molar-refractivity contribution is -0.991. The van der Waals surface area contributed by atoms with Crippen molar-refractivity contribution in [1.82, 2.24) is 9.97 Å². The highest BCUT2D eigenvalue weighted by atomic mass is 16.8. The van der Waals surface area contributed by atoms with E-state index in [-0.39, 0.29) is 28.2 Å². The zero-order valence-corrected chi connectivity index (χ0v) is 19.1. The Morgan fingerprint density at radius 3 is 2.32 bits per heavy atom. The highest BCUT2D eigenvalue weighted by Crippen LogP contribution is 2.25. The number of carbonyl (C=O) groups is 4. The van der Waals surface area contributed by atoms with Gasteiger partial charge in [-0.3, -0.25) is 19.2 Å². The van der Waals surface area contributed by atoms with Crippen LogP contribution in [-0.4, -0.2) is 58.0 Å². The maximum absolute atomic E-state index is 13.1. The summed E-state index contributed by atoms with van der Waals surface area (Å²) in [4.78, 5) is 69.4. The van der Waals surface area contributed by atoms with E-state index >= 15 is 0 Å². The first-order chi connectivity index (χ1) is 17.5. The van der Waals surface area contributed by atoms with E-state index in [1.54, 1.807) is 0 Å². The minimum Gasteiger partial charge on any atom is -0.595 e. The number of nitrogens with one attached hydrogen (secondary N) is 4. The number of Topliss-reactive ketones (excluding diaryl/α,β-unsaturated/α-hetero) is 2. The monoisotopic (exact) mass is 517 g/mol. The van der Waals surface area contributed by atoms with E-state index in [1.807, 2.05) is 5.32 Å². The number of quaternary nitrogens is 2. The van der Waals surface area contributed by atoms with E-state index in [4.69, 9.17) is 9.94 Å². The van der Waals surface area contributed by atoms with E-state index in [0.29, 0.717) is 0 Å². The van der Waals surface area contributed by atoms with Crippen LogP contribution in [0.1, 0.15) is 11.6 Å². The first kappa shape index (κ1) is 27.0. The van der Waals surface area contributed by atoms with Gasteiger partial charge < -0.3 is 30.2 Å². The van der Waals surface area contributed by atoms with Crippen LogP contribution in [0.3, 0.4) is 0 Å². The number of fused-ring (bicyclic) bond motifs is 1. The summed E-state index contributed by atoms with van der Waals surface area (Å²) in [7, 11) is 2.12. The molecule has 3 unspecified atom stereocenters. The molecule has 0 aliphatic carbocycles. The Kier molecular flexibility index (Phi) is 8.03. The van der Waals surface area contributed by atoms with Gasteiger partial charge in [-0.2, -0.15) is 10.5 Å². The van der Waals surface area contributed by atoms with Crippen LogP contribution >= 0.6 is 0 Å². The number of benzene rings is 2. The molecule has 0 spiro atoms. The van der Waals surface area contributed by atoms with Crippen LogP contribution < -0.4 is 26.1 Å². The van der Waals surface area contributed by atoms with Crippen LogP contribution in [0.4, 0.5) is 17.1 Å². The van der Waals surface area contributed by atoms with Gasteiger partial charge in [0, 0.05) is 18.2 Å². The number of amides is 1. The average molecular weight is 517 g/mol. The molecule has 0 bridgehead atoms. The molecule has 3 aromatic rings. The smallest absolute Gasteiger partial charge is 0.375 e. The van der Waals surface area contributed by atoms with Crippen molar-refractivity contribution in [3.63, 3.8) is 0 Å². The van der Waals surface area contributed by atoms with Gasteiger partial charge in [0.15, 0.2) is 11.4 Å². The van der Waals surface area contributed by atoms with Crippen molar-refractivity contribution in [2.24, 2.45) is 0 Å². The number of anilines is 1. The first-order valence-corrected chi connectivity index (χ1v) is 10.1. The van der Waals surface area contributed by atoms with Crippen LogP contribution in [0, 0.1) is 10.4 Å². The molecule has 1 amide bonds. The Bertz CT molecular complexity index is 1450. The normalized spacial score (nSPS) is 13.4. The number of esters is 1. The van der Waals surface area contributed by atoms with Crippen LogP contribution in [0.15, 0.2) is 41.2 Å². The highest BCUT2D eigenvalue weighted by molar-refractivity contribution is 6.52. The first-order valence-electron chi connectivity index (χ1n) is 10.1. The second kappa shape index (κ2) is 11.0. The average Bonchev–Trinajstić information content (AvgIpc) is 2.87. The molecule has 3 atom stereocenters. The molecule has 3 rings (SSSR count). The molecule has 2 aromatic carbocycles. The minimum atomic E-state index is -2.36. The third kappa shape index (κ3) is 5.64. The summed E-state index contributed by atoms with van der Waals surface area (Å²) in [5.74, 6) is -8.50. The van der Waals surface area contributed by atoms with Crippen molar-refractivity contribution in [3.8, 4) is 5.75 Å².